The van der Waals surface area contributed by atoms with Gasteiger partial charge in [0.05, 0.1) is 4.90 Å². The number of piperidine rings is 1. The number of ether oxygens (including phenoxy) is 1. The Hall–Kier alpha value is -2.67. The standard InChI is InChI=1S/C32H42N2O3S/c1-25-21-26(2)32(27(3)22-25)38(35,36)34(20-10-19-33-18-9-8-11-28(33)4)23-29-14-16-31(17-15-29)37-24-30-12-6-5-7-13-30/h5-7,12-17,21-22,28H,8-11,18-20,23-24H2,1-4H3. The molecule has 1 heterocycles. The molecule has 3 aromatic carbocycles. The van der Waals surface area contributed by atoms with E-state index in [9.17, 15) is 8.42 Å². The van der Waals surface area contributed by atoms with Crippen LogP contribution in [0.2, 0.25) is 0 Å². The summed E-state index contributed by atoms with van der Waals surface area (Å²) in [7, 11) is -3.67. The number of hydrogen-bond donors (Lipinski definition) is 0. The molecule has 0 spiro atoms. The molecule has 38 heavy (non-hydrogen) atoms. The molecule has 1 saturated heterocycles. The van der Waals surface area contributed by atoms with Crippen LogP contribution in [0.3, 0.4) is 0 Å². The van der Waals surface area contributed by atoms with E-state index in [2.05, 4.69) is 11.8 Å². The van der Waals surface area contributed by atoms with Gasteiger partial charge >= 0.3 is 0 Å². The monoisotopic (exact) mass is 534 g/mol. The molecule has 6 heteroatoms. The smallest absolute Gasteiger partial charge is 0.243 e. The van der Waals surface area contributed by atoms with E-state index >= 15 is 0 Å². The van der Waals surface area contributed by atoms with Crippen molar-refractivity contribution in [1.82, 2.24) is 9.21 Å². The van der Waals surface area contributed by atoms with Gasteiger partial charge in [0.25, 0.3) is 0 Å². The van der Waals surface area contributed by atoms with Crippen LogP contribution in [-0.4, -0.2) is 43.3 Å². The van der Waals surface area contributed by atoms with Gasteiger partial charge in [-0.1, -0.05) is 66.6 Å². The molecule has 5 nitrogen and oxygen atoms in total. The lowest BCUT2D eigenvalue weighted by Gasteiger charge is -2.34. The summed E-state index contributed by atoms with van der Waals surface area (Å²) in [5.41, 5.74) is 4.76. The van der Waals surface area contributed by atoms with Crippen LogP contribution in [0.1, 0.15) is 60.4 Å². The third-order valence-corrected chi connectivity index (χ3v) is 9.68. The summed E-state index contributed by atoms with van der Waals surface area (Å²) in [6.07, 6.45) is 4.55. The molecule has 0 N–H and O–H groups in total. The van der Waals surface area contributed by atoms with Crippen LogP contribution in [0.4, 0.5) is 0 Å². The molecule has 0 aromatic heterocycles. The third kappa shape index (κ3) is 7.25. The van der Waals surface area contributed by atoms with E-state index in [4.69, 9.17) is 4.74 Å². The number of nitrogens with zero attached hydrogens (tertiary/aromatic N) is 2. The maximum absolute atomic E-state index is 14.1. The topological polar surface area (TPSA) is 49.9 Å². The van der Waals surface area contributed by atoms with Crippen LogP contribution in [0.25, 0.3) is 0 Å². The molecule has 4 rings (SSSR count). The number of aryl methyl sites for hydroxylation is 3. The van der Waals surface area contributed by atoms with E-state index < -0.39 is 10.0 Å². The summed E-state index contributed by atoms with van der Waals surface area (Å²) in [6.45, 7) is 11.5. The van der Waals surface area contributed by atoms with Gasteiger partial charge in [-0.2, -0.15) is 4.31 Å². The van der Waals surface area contributed by atoms with E-state index in [1.165, 1.54) is 19.3 Å². The number of hydrogen-bond acceptors (Lipinski definition) is 4. The maximum Gasteiger partial charge on any atom is 0.243 e. The lowest BCUT2D eigenvalue weighted by Crippen LogP contribution is -2.40. The summed E-state index contributed by atoms with van der Waals surface area (Å²) in [5, 5.41) is 0. The van der Waals surface area contributed by atoms with E-state index in [-0.39, 0.29) is 0 Å². The predicted molar refractivity (Wildman–Crippen MR) is 155 cm³/mol. The summed E-state index contributed by atoms with van der Waals surface area (Å²) < 4.78 is 35.7. The van der Waals surface area contributed by atoms with Crippen LogP contribution >= 0.6 is 0 Å². The third-order valence-electron chi connectivity index (χ3n) is 7.53. The van der Waals surface area contributed by atoms with Gasteiger partial charge in [0.1, 0.15) is 12.4 Å². The molecule has 0 saturated carbocycles. The number of sulfonamides is 1. The Balaban J connectivity index is 1.50. The fourth-order valence-corrected chi connectivity index (χ4v) is 7.44. The summed E-state index contributed by atoms with van der Waals surface area (Å²) in [6, 6.07) is 22.4. The van der Waals surface area contributed by atoms with Crippen molar-refractivity contribution < 1.29 is 13.2 Å². The fourth-order valence-electron chi connectivity index (χ4n) is 5.56. The lowest BCUT2D eigenvalue weighted by atomic mass is 10.0. The van der Waals surface area contributed by atoms with Gasteiger partial charge in [0.2, 0.25) is 10.0 Å². The molecule has 0 bridgehead atoms. The number of benzene rings is 3. The largest absolute Gasteiger partial charge is 0.489 e. The average molecular weight is 535 g/mol. The zero-order valence-corrected chi connectivity index (χ0v) is 24.1. The minimum atomic E-state index is -3.67. The Bertz CT molecular complexity index is 1270. The van der Waals surface area contributed by atoms with Gasteiger partial charge in [-0.3, -0.25) is 0 Å². The Labute approximate surface area is 229 Å². The van der Waals surface area contributed by atoms with E-state index in [0.717, 1.165) is 53.1 Å². The summed E-state index contributed by atoms with van der Waals surface area (Å²) in [5.74, 6) is 0.774. The Morgan fingerprint density at radius 2 is 1.61 bits per heavy atom. The Morgan fingerprint density at radius 1 is 0.921 bits per heavy atom. The second-order valence-electron chi connectivity index (χ2n) is 10.7. The SMILES string of the molecule is Cc1cc(C)c(S(=O)(=O)N(CCCN2CCCCC2C)Cc2ccc(OCc3ccccc3)cc2)c(C)c1. The van der Waals surface area contributed by atoms with Gasteiger partial charge in [0.15, 0.2) is 0 Å². The van der Waals surface area contributed by atoms with Gasteiger partial charge < -0.3 is 9.64 Å². The van der Waals surface area contributed by atoms with Crippen LogP contribution in [0.15, 0.2) is 71.6 Å². The van der Waals surface area contributed by atoms with Crippen molar-refractivity contribution in [3.8, 4) is 5.75 Å². The lowest BCUT2D eigenvalue weighted by molar-refractivity contribution is 0.155. The first kappa shape index (κ1) is 28.3. The molecule has 0 aliphatic carbocycles. The Kier molecular flexibility index (Phi) is 9.64. The molecule has 1 unspecified atom stereocenters. The van der Waals surface area contributed by atoms with Gasteiger partial charge in [-0.05, 0) is 94.4 Å². The molecule has 3 aromatic rings. The van der Waals surface area contributed by atoms with Crippen LogP contribution in [-0.2, 0) is 23.2 Å². The maximum atomic E-state index is 14.1. The highest BCUT2D eigenvalue weighted by molar-refractivity contribution is 7.89. The van der Waals surface area contributed by atoms with Gasteiger partial charge in [-0.15, -0.1) is 0 Å². The zero-order chi connectivity index (χ0) is 27.1. The quantitative estimate of drug-likeness (QED) is 0.276. The highest BCUT2D eigenvalue weighted by Crippen LogP contribution is 2.27. The minimum Gasteiger partial charge on any atom is -0.489 e. The minimum absolute atomic E-state index is 0.337. The van der Waals surface area contributed by atoms with Crippen molar-refractivity contribution >= 4 is 10.0 Å². The van der Waals surface area contributed by atoms with Crippen molar-refractivity contribution in [2.24, 2.45) is 0 Å². The first-order valence-electron chi connectivity index (χ1n) is 13.8. The normalized spacial score (nSPS) is 16.6. The van der Waals surface area contributed by atoms with Crippen LogP contribution < -0.4 is 4.74 Å². The molecule has 1 fully saturated rings. The summed E-state index contributed by atoms with van der Waals surface area (Å²) in [4.78, 5) is 2.95. The predicted octanol–water partition coefficient (Wildman–Crippen LogP) is 6.65. The van der Waals surface area contributed by atoms with Crippen LogP contribution in [0.5, 0.6) is 5.75 Å². The van der Waals surface area contributed by atoms with Crippen molar-refractivity contribution in [1.29, 1.82) is 0 Å². The van der Waals surface area contributed by atoms with Crippen molar-refractivity contribution in [3.05, 3.63) is 94.5 Å². The van der Waals surface area contributed by atoms with E-state index in [1.807, 2.05) is 87.5 Å². The molecule has 1 aliphatic rings. The van der Waals surface area contributed by atoms with E-state index in [0.29, 0.717) is 30.6 Å². The molecular formula is C32H42N2O3S. The first-order chi connectivity index (χ1) is 18.2. The molecule has 0 radical (unpaired) electrons. The fraction of sp³-hybridized carbons (Fsp3) is 0.438. The van der Waals surface area contributed by atoms with Crippen molar-refractivity contribution in [3.63, 3.8) is 0 Å². The van der Waals surface area contributed by atoms with E-state index in [1.54, 1.807) is 4.31 Å². The van der Waals surface area contributed by atoms with Crippen LogP contribution in [0, 0.1) is 20.8 Å². The molecule has 204 valence electrons. The second kappa shape index (κ2) is 12.9. The summed E-state index contributed by atoms with van der Waals surface area (Å²) >= 11 is 0. The van der Waals surface area contributed by atoms with Gasteiger partial charge in [-0.25, -0.2) is 8.42 Å². The zero-order valence-electron chi connectivity index (χ0n) is 23.3. The molecule has 1 aliphatic heterocycles. The Morgan fingerprint density at radius 3 is 2.26 bits per heavy atom. The average Bonchev–Trinajstić information content (AvgIpc) is 2.88. The van der Waals surface area contributed by atoms with Crippen molar-refractivity contribution in [2.45, 2.75) is 77.5 Å². The number of likely N-dealkylation sites (tertiary alicyclic amines) is 1. The van der Waals surface area contributed by atoms with Gasteiger partial charge in [0, 0.05) is 19.1 Å². The highest BCUT2D eigenvalue weighted by atomic mass is 32.2. The van der Waals surface area contributed by atoms with Crippen molar-refractivity contribution in [2.75, 3.05) is 19.6 Å². The molecular weight excluding hydrogens is 492 g/mol. The highest BCUT2D eigenvalue weighted by Gasteiger charge is 2.28. The second-order valence-corrected chi connectivity index (χ2v) is 12.6. The number of rotatable bonds is 11. The first-order valence-corrected chi connectivity index (χ1v) is 15.3. The molecule has 0 amide bonds. The molecule has 1 atom stereocenters.